The monoisotopic (exact) mass is 404 g/mol. The second-order valence-electron chi connectivity index (χ2n) is 7.13. The van der Waals surface area contributed by atoms with Crippen LogP contribution in [0.5, 0.6) is 0 Å². The van der Waals surface area contributed by atoms with Crippen LogP contribution in [0.15, 0.2) is 53.4 Å². The van der Waals surface area contributed by atoms with E-state index in [9.17, 15) is 17.6 Å². The third kappa shape index (κ3) is 5.17. The molecule has 0 saturated carbocycles. The zero-order valence-electron chi connectivity index (χ0n) is 16.0. The molecule has 0 N–H and O–H groups in total. The summed E-state index contributed by atoms with van der Waals surface area (Å²) in [6, 6.07) is 13.4. The molecule has 1 saturated heterocycles. The first-order chi connectivity index (χ1) is 13.3. The Kier molecular flexibility index (Phi) is 6.46. The van der Waals surface area contributed by atoms with E-state index in [1.54, 1.807) is 41.3 Å². The van der Waals surface area contributed by atoms with E-state index >= 15 is 0 Å². The van der Waals surface area contributed by atoms with Gasteiger partial charge in [0.15, 0.2) is 9.84 Å². The van der Waals surface area contributed by atoms with Gasteiger partial charge in [-0.25, -0.2) is 12.8 Å². The molecule has 3 rings (SSSR count). The van der Waals surface area contributed by atoms with Crippen molar-refractivity contribution in [2.45, 2.75) is 24.8 Å². The molecule has 0 bridgehead atoms. The van der Waals surface area contributed by atoms with Crippen LogP contribution < -0.4 is 0 Å². The number of benzene rings is 2. The third-order valence-corrected chi connectivity index (χ3v) is 6.77. The van der Waals surface area contributed by atoms with Gasteiger partial charge >= 0.3 is 0 Å². The molecule has 7 heteroatoms. The van der Waals surface area contributed by atoms with Gasteiger partial charge in [-0.2, -0.15) is 0 Å². The molecule has 1 heterocycles. The maximum absolute atomic E-state index is 13.8. The molecule has 0 unspecified atom stereocenters. The molecule has 1 aliphatic rings. The van der Waals surface area contributed by atoms with E-state index in [1.165, 1.54) is 6.07 Å². The van der Waals surface area contributed by atoms with E-state index in [4.69, 9.17) is 0 Å². The van der Waals surface area contributed by atoms with E-state index < -0.39 is 9.84 Å². The van der Waals surface area contributed by atoms with Crippen molar-refractivity contribution >= 4 is 15.7 Å². The van der Waals surface area contributed by atoms with Crippen molar-refractivity contribution in [1.29, 1.82) is 0 Å². The SMILES string of the molecule is Cc1ccc(S(=O)(=O)CCC(=O)N2CCN(Cc3ccccc3F)CC2)cc1. The normalized spacial score (nSPS) is 15.6. The number of halogens is 1. The molecule has 1 amide bonds. The maximum Gasteiger partial charge on any atom is 0.223 e. The fourth-order valence-corrected chi connectivity index (χ4v) is 4.50. The Morgan fingerprint density at radius 1 is 1.00 bits per heavy atom. The summed E-state index contributed by atoms with van der Waals surface area (Å²) in [5, 5.41) is 0. The van der Waals surface area contributed by atoms with Crippen molar-refractivity contribution in [3.05, 3.63) is 65.5 Å². The van der Waals surface area contributed by atoms with Crippen molar-refractivity contribution in [3.63, 3.8) is 0 Å². The zero-order valence-corrected chi connectivity index (χ0v) is 16.8. The lowest BCUT2D eigenvalue weighted by Crippen LogP contribution is -2.48. The molecule has 2 aromatic rings. The van der Waals surface area contributed by atoms with Gasteiger partial charge in [0.25, 0.3) is 0 Å². The van der Waals surface area contributed by atoms with Gasteiger partial charge in [-0.1, -0.05) is 35.9 Å². The molecule has 0 aliphatic carbocycles. The van der Waals surface area contributed by atoms with Gasteiger partial charge in [0.2, 0.25) is 5.91 Å². The van der Waals surface area contributed by atoms with Crippen molar-refractivity contribution in [3.8, 4) is 0 Å². The minimum atomic E-state index is -3.47. The highest BCUT2D eigenvalue weighted by atomic mass is 32.2. The van der Waals surface area contributed by atoms with E-state index in [-0.39, 0.29) is 28.8 Å². The molecule has 150 valence electrons. The number of amides is 1. The Morgan fingerprint density at radius 3 is 2.29 bits per heavy atom. The van der Waals surface area contributed by atoms with Gasteiger partial charge in [0.1, 0.15) is 5.82 Å². The first-order valence-electron chi connectivity index (χ1n) is 9.38. The van der Waals surface area contributed by atoms with Crippen LogP contribution in [-0.4, -0.2) is 56.1 Å². The number of hydrogen-bond donors (Lipinski definition) is 0. The van der Waals surface area contributed by atoms with Crippen molar-refractivity contribution in [2.24, 2.45) is 0 Å². The quantitative estimate of drug-likeness (QED) is 0.743. The molecule has 1 fully saturated rings. The largest absolute Gasteiger partial charge is 0.340 e. The number of aryl methyl sites for hydroxylation is 1. The number of rotatable bonds is 6. The average Bonchev–Trinajstić information content (AvgIpc) is 2.69. The summed E-state index contributed by atoms with van der Waals surface area (Å²) >= 11 is 0. The molecule has 1 aliphatic heterocycles. The van der Waals surface area contributed by atoms with Crippen LogP contribution >= 0.6 is 0 Å². The van der Waals surface area contributed by atoms with Crippen molar-refractivity contribution < 1.29 is 17.6 Å². The first kappa shape index (κ1) is 20.5. The van der Waals surface area contributed by atoms with Gasteiger partial charge < -0.3 is 4.90 Å². The smallest absolute Gasteiger partial charge is 0.223 e. The molecular formula is C21H25FN2O3S. The fourth-order valence-electron chi connectivity index (χ4n) is 3.27. The maximum atomic E-state index is 13.8. The number of piperazine rings is 1. The van der Waals surface area contributed by atoms with Crippen LogP contribution in [0, 0.1) is 12.7 Å². The van der Waals surface area contributed by atoms with Crippen LogP contribution in [-0.2, 0) is 21.2 Å². The summed E-state index contributed by atoms with van der Waals surface area (Å²) in [6.07, 6.45) is -0.0243. The highest BCUT2D eigenvalue weighted by Crippen LogP contribution is 2.15. The average molecular weight is 405 g/mol. The van der Waals surface area contributed by atoms with Crippen LogP contribution in [0.25, 0.3) is 0 Å². The molecule has 0 aromatic heterocycles. The third-order valence-electron chi connectivity index (χ3n) is 5.04. The minimum Gasteiger partial charge on any atom is -0.340 e. The molecule has 0 atom stereocenters. The molecule has 0 radical (unpaired) electrons. The highest BCUT2D eigenvalue weighted by molar-refractivity contribution is 7.91. The number of carbonyl (C=O) groups is 1. The summed E-state index contributed by atoms with van der Waals surface area (Å²) in [7, 11) is -3.47. The second kappa shape index (κ2) is 8.84. The number of hydrogen-bond acceptors (Lipinski definition) is 4. The summed E-state index contributed by atoms with van der Waals surface area (Å²) in [5.41, 5.74) is 1.63. The molecule has 0 spiro atoms. The van der Waals surface area contributed by atoms with Crippen molar-refractivity contribution in [2.75, 3.05) is 31.9 Å². The van der Waals surface area contributed by atoms with E-state index in [0.29, 0.717) is 38.3 Å². The van der Waals surface area contributed by atoms with Gasteiger partial charge in [0, 0.05) is 44.7 Å². The fraction of sp³-hybridized carbons (Fsp3) is 0.381. The Morgan fingerprint density at radius 2 is 1.64 bits per heavy atom. The Hall–Kier alpha value is -2.25. The Labute approximate surface area is 165 Å². The van der Waals surface area contributed by atoms with E-state index in [2.05, 4.69) is 4.90 Å². The Bertz CT molecular complexity index is 921. The second-order valence-corrected chi connectivity index (χ2v) is 9.24. The van der Waals surface area contributed by atoms with Gasteiger partial charge in [0.05, 0.1) is 10.6 Å². The first-order valence-corrected chi connectivity index (χ1v) is 11.0. The lowest BCUT2D eigenvalue weighted by molar-refractivity contribution is -0.132. The van der Waals surface area contributed by atoms with Crippen LogP contribution in [0.1, 0.15) is 17.5 Å². The van der Waals surface area contributed by atoms with Gasteiger partial charge in [-0.3, -0.25) is 9.69 Å². The highest BCUT2D eigenvalue weighted by Gasteiger charge is 2.24. The topological polar surface area (TPSA) is 57.7 Å². The number of nitrogens with zero attached hydrogens (tertiary/aromatic N) is 2. The molecular weight excluding hydrogens is 379 g/mol. The summed E-state index contributed by atoms with van der Waals surface area (Å²) in [4.78, 5) is 16.5. The Balaban J connectivity index is 1.48. The number of sulfone groups is 1. The number of carbonyl (C=O) groups excluding carboxylic acids is 1. The molecule has 28 heavy (non-hydrogen) atoms. The summed E-state index contributed by atoms with van der Waals surface area (Å²) in [5.74, 6) is -0.562. The standard InChI is InChI=1S/C21H25FN2O3S/c1-17-6-8-19(9-7-17)28(26,27)15-10-21(25)24-13-11-23(12-14-24)16-18-4-2-3-5-20(18)22/h2-9H,10-16H2,1H3. The summed E-state index contributed by atoms with van der Waals surface area (Å²) < 4.78 is 38.6. The van der Waals surface area contributed by atoms with E-state index in [1.807, 2.05) is 13.0 Å². The summed E-state index contributed by atoms with van der Waals surface area (Å²) in [6.45, 7) is 4.74. The van der Waals surface area contributed by atoms with Gasteiger partial charge in [-0.05, 0) is 25.1 Å². The van der Waals surface area contributed by atoms with E-state index in [0.717, 1.165) is 5.56 Å². The predicted octanol–water partition coefficient (Wildman–Crippen LogP) is 2.64. The lowest BCUT2D eigenvalue weighted by atomic mass is 10.2. The molecule has 5 nitrogen and oxygen atoms in total. The van der Waals surface area contributed by atoms with Crippen LogP contribution in [0.2, 0.25) is 0 Å². The van der Waals surface area contributed by atoms with Crippen LogP contribution in [0.4, 0.5) is 4.39 Å². The predicted molar refractivity (Wildman–Crippen MR) is 106 cm³/mol. The molecule has 2 aromatic carbocycles. The van der Waals surface area contributed by atoms with Crippen LogP contribution in [0.3, 0.4) is 0 Å². The minimum absolute atomic E-state index is 0.0243. The zero-order chi connectivity index (χ0) is 20.1. The van der Waals surface area contributed by atoms with Gasteiger partial charge in [-0.15, -0.1) is 0 Å². The lowest BCUT2D eigenvalue weighted by Gasteiger charge is -2.34. The van der Waals surface area contributed by atoms with Crippen molar-refractivity contribution in [1.82, 2.24) is 9.80 Å².